The molecule has 1 N–H and O–H groups in total. The van der Waals surface area contributed by atoms with Crippen molar-refractivity contribution >= 4 is 5.91 Å². The number of carbonyl (C=O) groups excluding carboxylic acids is 1. The summed E-state index contributed by atoms with van der Waals surface area (Å²) in [5, 5.41) is 2.87. The van der Waals surface area contributed by atoms with E-state index in [-0.39, 0.29) is 11.8 Å². The van der Waals surface area contributed by atoms with Crippen LogP contribution in [0.25, 0.3) is 0 Å². The van der Waals surface area contributed by atoms with Crippen LogP contribution in [0.15, 0.2) is 35.1 Å². The minimum absolute atomic E-state index is 0.0370. The number of oxazole rings is 1. The topological polar surface area (TPSA) is 73.6 Å². The molecule has 134 valence electrons. The van der Waals surface area contributed by atoms with Gasteiger partial charge in [-0.1, -0.05) is 13.8 Å². The predicted molar refractivity (Wildman–Crippen MR) is 92.6 cm³/mol. The van der Waals surface area contributed by atoms with Crippen LogP contribution in [-0.4, -0.2) is 23.5 Å². The smallest absolute Gasteiger partial charge is 0.261 e. The summed E-state index contributed by atoms with van der Waals surface area (Å²) >= 11 is 0. The van der Waals surface area contributed by atoms with Crippen molar-refractivity contribution < 1.29 is 18.7 Å². The van der Waals surface area contributed by atoms with Gasteiger partial charge in [0.15, 0.2) is 12.5 Å². The van der Waals surface area contributed by atoms with E-state index in [1.807, 2.05) is 24.3 Å². The first-order valence-electron chi connectivity index (χ1n) is 8.73. The Morgan fingerprint density at radius 2 is 2.00 bits per heavy atom. The van der Waals surface area contributed by atoms with Crippen LogP contribution >= 0.6 is 0 Å². The minimum Gasteiger partial charge on any atom is -0.487 e. The van der Waals surface area contributed by atoms with Crippen LogP contribution in [0.2, 0.25) is 0 Å². The maximum atomic E-state index is 11.9. The van der Waals surface area contributed by atoms with Crippen molar-refractivity contribution in [2.24, 2.45) is 0 Å². The van der Waals surface area contributed by atoms with E-state index < -0.39 is 6.10 Å². The average molecular weight is 344 g/mol. The first kappa shape index (κ1) is 17.3. The highest BCUT2D eigenvalue weighted by Gasteiger charge is 2.22. The van der Waals surface area contributed by atoms with E-state index in [1.54, 1.807) is 0 Å². The maximum Gasteiger partial charge on any atom is 0.261 e. The molecule has 1 aromatic heterocycles. The number of nitrogens with one attached hydrogen (secondary N) is 1. The number of amides is 1. The molecule has 0 aliphatic carbocycles. The molecule has 6 nitrogen and oxygen atoms in total. The zero-order chi connectivity index (χ0) is 17.6. The molecule has 1 aliphatic heterocycles. The van der Waals surface area contributed by atoms with E-state index in [2.05, 4.69) is 24.1 Å². The molecule has 1 aliphatic rings. The van der Waals surface area contributed by atoms with Gasteiger partial charge in [0.25, 0.3) is 5.91 Å². The van der Waals surface area contributed by atoms with Crippen LogP contribution in [-0.2, 0) is 11.4 Å². The molecule has 3 rings (SSSR count). The van der Waals surface area contributed by atoms with Crippen LogP contribution in [0, 0.1) is 0 Å². The Kier molecular flexibility index (Phi) is 5.58. The molecule has 0 unspecified atom stereocenters. The van der Waals surface area contributed by atoms with E-state index in [1.165, 1.54) is 6.39 Å². The second-order valence-corrected chi connectivity index (χ2v) is 6.47. The maximum absolute atomic E-state index is 11.9. The number of aromatic nitrogens is 1. The van der Waals surface area contributed by atoms with Crippen molar-refractivity contribution in [2.45, 2.75) is 51.7 Å². The fourth-order valence-corrected chi connectivity index (χ4v) is 2.81. The molecule has 0 saturated carbocycles. The first-order chi connectivity index (χ1) is 12.1. The molecule has 0 radical (unpaired) electrons. The van der Waals surface area contributed by atoms with E-state index in [0.717, 1.165) is 43.0 Å². The van der Waals surface area contributed by atoms with Crippen molar-refractivity contribution in [2.75, 3.05) is 6.54 Å². The molecule has 1 fully saturated rings. The zero-order valence-corrected chi connectivity index (χ0v) is 14.7. The van der Waals surface area contributed by atoms with E-state index in [0.29, 0.717) is 12.4 Å². The molecule has 6 heteroatoms. The van der Waals surface area contributed by atoms with Crippen molar-refractivity contribution in [3.8, 4) is 11.5 Å². The lowest BCUT2D eigenvalue weighted by Gasteiger charge is -2.16. The quantitative estimate of drug-likeness (QED) is 0.869. The Bertz CT molecular complexity index is 694. The van der Waals surface area contributed by atoms with Gasteiger partial charge in [-0.15, -0.1) is 0 Å². The third-order valence-electron chi connectivity index (χ3n) is 4.16. The molecule has 1 atom stereocenters. The van der Waals surface area contributed by atoms with Crippen molar-refractivity contribution in [1.82, 2.24) is 10.3 Å². The number of hydrogen-bond acceptors (Lipinski definition) is 5. The average Bonchev–Trinajstić information content (AvgIpc) is 2.99. The number of ether oxygens (including phenoxy) is 2. The Morgan fingerprint density at radius 1 is 1.24 bits per heavy atom. The standard InChI is InChI=1S/C19H24N2O4/c1-13(2)18-16(21-12-24-18)11-23-14-6-8-15(9-7-14)25-17-5-3-4-10-20-19(17)22/h6-9,12-13,17H,3-5,10-11H2,1-2H3,(H,20,22)/t17-/m0/s1. The molecular formula is C19H24N2O4. The van der Waals surface area contributed by atoms with Crippen LogP contribution in [0.3, 0.4) is 0 Å². The Hall–Kier alpha value is -2.50. The van der Waals surface area contributed by atoms with Gasteiger partial charge in [0, 0.05) is 12.5 Å². The highest BCUT2D eigenvalue weighted by atomic mass is 16.5. The number of hydrogen-bond donors (Lipinski definition) is 1. The molecule has 2 heterocycles. The molecule has 25 heavy (non-hydrogen) atoms. The summed E-state index contributed by atoms with van der Waals surface area (Å²) in [6.07, 6.45) is 3.76. The summed E-state index contributed by atoms with van der Waals surface area (Å²) in [5.41, 5.74) is 0.811. The SMILES string of the molecule is CC(C)c1ocnc1COc1ccc(O[C@H]2CCCCNC2=O)cc1. The summed E-state index contributed by atoms with van der Waals surface area (Å²) in [5.74, 6) is 2.46. The van der Waals surface area contributed by atoms with Gasteiger partial charge in [-0.25, -0.2) is 4.98 Å². The van der Waals surface area contributed by atoms with Crippen LogP contribution in [0.1, 0.15) is 50.5 Å². The molecule has 0 bridgehead atoms. The molecular weight excluding hydrogens is 320 g/mol. The van der Waals surface area contributed by atoms with Gasteiger partial charge in [-0.3, -0.25) is 4.79 Å². The largest absolute Gasteiger partial charge is 0.487 e. The molecule has 1 saturated heterocycles. The van der Waals surface area contributed by atoms with Crippen molar-refractivity contribution in [1.29, 1.82) is 0 Å². The number of rotatable bonds is 6. The van der Waals surface area contributed by atoms with Crippen LogP contribution in [0.5, 0.6) is 11.5 Å². The Morgan fingerprint density at radius 3 is 2.76 bits per heavy atom. The molecule has 2 aromatic rings. The highest BCUT2D eigenvalue weighted by molar-refractivity contribution is 5.81. The van der Waals surface area contributed by atoms with Gasteiger partial charge < -0.3 is 19.2 Å². The number of carbonyl (C=O) groups is 1. The first-order valence-corrected chi connectivity index (χ1v) is 8.73. The lowest BCUT2D eigenvalue weighted by atomic mass is 10.1. The molecule has 1 aromatic carbocycles. The van der Waals surface area contributed by atoms with E-state index in [9.17, 15) is 4.79 Å². The fourth-order valence-electron chi connectivity index (χ4n) is 2.81. The normalized spacial score (nSPS) is 17.9. The van der Waals surface area contributed by atoms with Gasteiger partial charge >= 0.3 is 0 Å². The zero-order valence-electron chi connectivity index (χ0n) is 14.7. The van der Waals surface area contributed by atoms with Crippen molar-refractivity contribution in [3.63, 3.8) is 0 Å². The summed E-state index contributed by atoms with van der Waals surface area (Å²) in [7, 11) is 0. The molecule has 0 spiro atoms. The summed E-state index contributed by atoms with van der Waals surface area (Å²) in [6.45, 7) is 5.20. The highest BCUT2D eigenvalue weighted by Crippen LogP contribution is 2.23. The Balaban J connectivity index is 1.56. The van der Waals surface area contributed by atoms with E-state index in [4.69, 9.17) is 13.9 Å². The second kappa shape index (κ2) is 8.05. The van der Waals surface area contributed by atoms with Gasteiger partial charge in [0.1, 0.15) is 29.6 Å². The van der Waals surface area contributed by atoms with Crippen LogP contribution in [0.4, 0.5) is 0 Å². The summed E-state index contributed by atoms with van der Waals surface area (Å²) in [6, 6.07) is 7.30. The summed E-state index contributed by atoms with van der Waals surface area (Å²) < 4.78 is 17.0. The van der Waals surface area contributed by atoms with Crippen LogP contribution < -0.4 is 14.8 Å². The summed E-state index contributed by atoms with van der Waals surface area (Å²) in [4.78, 5) is 16.1. The lowest BCUT2D eigenvalue weighted by Crippen LogP contribution is -2.36. The van der Waals surface area contributed by atoms with Gasteiger partial charge in [0.2, 0.25) is 0 Å². The number of benzene rings is 1. The Labute approximate surface area is 147 Å². The fraction of sp³-hybridized carbons (Fsp3) is 0.474. The number of nitrogens with zero attached hydrogens (tertiary/aromatic N) is 1. The lowest BCUT2D eigenvalue weighted by molar-refractivity contribution is -0.127. The second-order valence-electron chi connectivity index (χ2n) is 6.47. The van der Waals surface area contributed by atoms with Gasteiger partial charge in [0.05, 0.1) is 0 Å². The van der Waals surface area contributed by atoms with E-state index >= 15 is 0 Å². The molecule has 1 amide bonds. The predicted octanol–water partition coefficient (Wildman–Crippen LogP) is 3.42. The van der Waals surface area contributed by atoms with Gasteiger partial charge in [-0.05, 0) is 43.5 Å². The minimum atomic E-state index is -0.419. The third-order valence-corrected chi connectivity index (χ3v) is 4.16. The monoisotopic (exact) mass is 344 g/mol. The van der Waals surface area contributed by atoms with Crippen molar-refractivity contribution in [3.05, 3.63) is 42.1 Å². The third kappa shape index (κ3) is 4.53. The van der Waals surface area contributed by atoms with Gasteiger partial charge in [-0.2, -0.15) is 0 Å².